The van der Waals surface area contributed by atoms with E-state index in [0.717, 1.165) is 11.1 Å². The van der Waals surface area contributed by atoms with E-state index in [0.29, 0.717) is 22.6 Å². The average molecular weight is 342 g/mol. The van der Waals surface area contributed by atoms with Gasteiger partial charge < -0.3 is 24.8 Å². The Balaban J connectivity index is 2.62. The van der Waals surface area contributed by atoms with Crippen LogP contribution >= 0.6 is 0 Å². The molecule has 0 unspecified atom stereocenters. The molecule has 0 aromatic heterocycles. The topological polar surface area (TPSA) is 79.2 Å². The Bertz CT molecular complexity index is 741. The summed E-state index contributed by atoms with van der Waals surface area (Å²) in [5.74, 6) is 0.356. The molecule has 0 aliphatic rings. The Kier molecular flexibility index (Phi) is 5.72. The second-order valence-corrected chi connectivity index (χ2v) is 5.58. The average Bonchev–Trinajstić information content (AvgIpc) is 2.63. The lowest BCUT2D eigenvalue weighted by Gasteiger charge is -2.23. The molecular weight excluding hydrogens is 320 g/mol. The minimum atomic E-state index is -0.358. The number of aromatic hydroxyl groups is 2. The first-order valence-electron chi connectivity index (χ1n) is 7.64. The van der Waals surface area contributed by atoms with E-state index >= 15 is 0 Å². The van der Waals surface area contributed by atoms with Gasteiger partial charge in [0.15, 0.2) is 23.0 Å². The van der Waals surface area contributed by atoms with Crippen molar-refractivity contribution in [1.82, 2.24) is 0 Å². The standard InChI is InChI=1S/C20H22O5/c1-12(11-21)13(2)20(14-5-7-16(22)18(9-14)24-3)15-6-8-17(23)19(10-15)25-4/h5-10,20-23H,1-2,11H2,3-4H3. The van der Waals surface area contributed by atoms with Gasteiger partial charge in [-0.1, -0.05) is 25.3 Å². The number of benzene rings is 2. The first-order valence-corrected chi connectivity index (χ1v) is 7.64. The van der Waals surface area contributed by atoms with Crippen LogP contribution in [-0.2, 0) is 0 Å². The molecule has 0 aliphatic heterocycles. The first kappa shape index (κ1) is 18.4. The Labute approximate surface area is 147 Å². The zero-order valence-corrected chi connectivity index (χ0v) is 14.3. The molecule has 0 saturated carbocycles. The monoisotopic (exact) mass is 342 g/mol. The number of aliphatic hydroxyl groups excluding tert-OH is 1. The highest BCUT2D eigenvalue weighted by Crippen LogP contribution is 2.40. The largest absolute Gasteiger partial charge is 0.504 e. The van der Waals surface area contributed by atoms with Crippen LogP contribution in [0.1, 0.15) is 17.0 Å². The van der Waals surface area contributed by atoms with E-state index in [1.54, 1.807) is 24.3 Å². The lowest BCUT2D eigenvalue weighted by Crippen LogP contribution is -2.08. The number of phenols is 2. The number of hydrogen-bond acceptors (Lipinski definition) is 5. The van der Waals surface area contributed by atoms with Crippen molar-refractivity contribution in [2.45, 2.75) is 5.92 Å². The van der Waals surface area contributed by atoms with Crippen LogP contribution in [0.3, 0.4) is 0 Å². The molecule has 2 rings (SSSR count). The van der Waals surface area contributed by atoms with Gasteiger partial charge in [0.25, 0.3) is 0 Å². The summed E-state index contributed by atoms with van der Waals surface area (Å²) in [5, 5.41) is 29.1. The SMILES string of the molecule is C=C(CO)C(=C)C(c1ccc(O)c(OC)c1)c1ccc(O)c(OC)c1. The minimum Gasteiger partial charge on any atom is -0.504 e. The van der Waals surface area contributed by atoms with Crippen molar-refractivity contribution in [1.29, 1.82) is 0 Å². The minimum absolute atomic E-state index is 0.0277. The van der Waals surface area contributed by atoms with Crippen LogP contribution in [-0.4, -0.2) is 36.1 Å². The zero-order valence-electron chi connectivity index (χ0n) is 14.3. The molecule has 0 bridgehead atoms. The molecule has 0 amide bonds. The third-order valence-electron chi connectivity index (χ3n) is 4.07. The fourth-order valence-corrected chi connectivity index (χ4v) is 2.65. The second kappa shape index (κ2) is 7.77. The molecule has 0 spiro atoms. The molecule has 0 radical (unpaired) electrons. The van der Waals surface area contributed by atoms with Crippen molar-refractivity contribution in [3.05, 3.63) is 71.8 Å². The second-order valence-electron chi connectivity index (χ2n) is 5.58. The predicted octanol–water partition coefficient (Wildman–Crippen LogP) is 3.35. The first-order chi connectivity index (χ1) is 11.9. The summed E-state index contributed by atoms with van der Waals surface area (Å²) in [7, 11) is 2.94. The fraction of sp³-hybridized carbons (Fsp3) is 0.200. The molecule has 0 saturated heterocycles. The van der Waals surface area contributed by atoms with Gasteiger partial charge in [0.1, 0.15) is 0 Å². The Morgan fingerprint density at radius 3 is 1.72 bits per heavy atom. The van der Waals surface area contributed by atoms with Crippen molar-refractivity contribution in [2.75, 3.05) is 20.8 Å². The smallest absolute Gasteiger partial charge is 0.160 e. The van der Waals surface area contributed by atoms with Gasteiger partial charge in [-0.15, -0.1) is 0 Å². The molecule has 2 aromatic rings. The number of hydrogen-bond donors (Lipinski definition) is 3. The van der Waals surface area contributed by atoms with Crippen LogP contribution in [0, 0.1) is 0 Å². The van der Waals surface area contributed by atoms with Crippen molar-refractivity contribution in [2.24, 2.45) is 0 Å². The van der Waals surface area contributed by atoms with Crippen LogP contribution in [0.2, 0.25) is 0 Å². The maximum atomic E-state index is 9.84. The molecule has 132 valence electrons. The molecule has 0 heterocycles. The number of rotatable bonds is 7. The van der Waals surface area contributed by atoms with Gasteiger partial charge in [0, 0.05) is 5.92 Å². The molecule has 0 fully saturated rings. The van der Waals surface area contributed by atoms with Gasteiger partial charge in [-0.05, 0) is 46.5 Å². The normalized spacial score (nSPS) is 10.6. The van der Waals surface area contributed by atoms with Crippen LogP contribution in [0.25, 0.3) is 0 Å². The van der Waals surface area contributed by atoms with Crippen LogP contribution in [0.15, 0.2) is 60.7 Å². The van der Waals surface area contributed by atoms with E-state index < -0.39 is 0 Å². The lowest BCUT2D eigenvalue weighted by atomic mass is 9.82. The summed E-state index contributed by atoms with van der Waals surface area (Å²) in [6.45, 7) is 7.70. The quantitative estimate of drug-likeness (QED) is 0.673. The van der Waals surface area contributed by atoms with Crippen LogP contribution < -0.4 is 9.47 Å². The van der Waals surface area contributed by atoms with Gasteiger partial charge in [-0.2, -0.15) is 0 Å². The highest BCUT2D eigenvalue weighted by molar-refractivity contribution is 5.54. The summed E-state index contributed by atoms with van der Waals surface area (Å²) in [5.41, 5.74) is 2.69. The van der Waals surface area contributed by atoms with E-state index in [9.17, 15) is 15.3 Å². The Hall–Kier alpha value is -2.92. The van der Waals surface area contributed by atoms with Crippen molar-refractivity contribution < 1.29 is 24.8 Å². The van der Waals surface area contributed by atoms with Gasteiger partial charge in [0.05, 0.1) is 20.8 Å². The van der Waals surface area contributed by atoms with E-state index in [-0.39, 0.29) is 24.0 Å². The van der Waals surface area contributed by atoms with Gasteiger partial charge >= 0.3 is 0 Å². The Morgan fingerprint density at radius 1 is 0.920 bits per heavy atom. The summed E-state index contributed by atoms with van der Waals surface area (Å²) in [4.78, 5) is 0. The fourth-order valence-electron chi connectivity index (χ4n) is 2.65. The van der Waals surface area contributed by atoms with Crippen molar-refractivity contribution in [3.8, 4) is 23.0 Å². The highest BCUT2D eigenvalue weighted by atomic mass is 16.5. The summed E-state index contributed by atoms with van der Waals surface area (Å²) >= 11 is 0. The molecule has 0 atom stereocenters. The summed E-state index contributed by atoms with van der Waals surface area (Å²) in [6, 6.07) is 9.97. The molecule has 5 heteroatoms. The molecule has 0 aliphatic carbocycles. The van der Waals surface area contributed by atoms with Crippen molar-refractivity contribution >= 4 is 0 Å². The van der Waals surface area contributed by atoms with Gasteiger partial charge in [-0.3, -0.25) is 0 Å². The van der Waals surface area contributed by atoms with Crippen molar-refractivity contribution in [3.63, 3.8) is 0 Å². The number of ether oxygens (including phenoxy) is 2. The number of aliphatic hydroxyl groups is 1. The summed E-state index contributed by atoms with van der Waals surface area (Å²) < 4.78 is 10.4. The van der Waals surface area contributed by atoms with Crippen LogP contribution in [0.4, 0.5) is 0 Å². The number of phenolic OH excluding ortho intramolecular Hbond substituents is 2. The van der Waals surface area contributed by atoms with E-state index in [2.05, 4.69) is 13.2 Å². The molecule has 5 nitrogen and oxygen atoms in total. The Morgan fingerprint density at radius 2 is 1.36 bits per heavy atom. The maximum Gasteiger partial charge on any atom is 0.160 e. The maximum absolute atomic E-state index is 9.84. The van der Waals surface area contributed by atoms with Gasteiger partial charge in [0.2, 0.25) is 0 Å². The molecule has 3 N–H and O–H groups in total. The summed E-state index contributed by atoms with van der Waals surface area (Å²) in [6.07, 6.45) is 0. The highest BCUT2D eigenvalue weighted by Gasteiger charge is 2.22. The third-order valence-corrected chi connectivity index (χ3v) is 4.07. The molecule has 25 heavy (non-hydrogen) atoms. The molecular formula is C20H22O5. The zero-order chi connectivity index (χ0) is 18.6. The van der Waals surface area contributed by atoms with E-state index in [4.69, 9.17) is 9.47 Å². The molecule has 2 aromatic carbocycles. The van der Waals surface area contributed by atoms with E-state index in [1.807, 2.05) is 0 Å². The third kappa shape index (κ3) is 3.78. The lowest BCUT2D eigenvalue weighted by molar-refractivity contribution is 0.333. The number of methoxy groups -OCH3 is 2. The van der Waals surface area contributed by atoms with E-state index in [1.165, 1.54) is 26.4 Å². The van der Waals surface area contributed by atoms with Crippen LogP contribution in [0.5, 0.6) is 23.0 Å². The van der Waals surface area contributed by atoms with Gasteiger partial charge in [-0.25, -0.2) is 0 Å². The predicted molar refractivity (Wildman–Crippen MR) is 96.5 cm³/mol.